The molecular formula is C14H13N5O3. The zero-order valence-electron chi connectivity index (χ0n) is 11.9. The summed E-state index contributed by atoms with van der Waals surface area (Å²) in [5.74, 6) is 0.494. The van der Waals surface area contributed by atoms with Crippen LogP contribution in [0.1, 0.15) is 12.5 Å². The van der Waals surface area contributed by atoms with Gasteiger partial charge in [-0.2, -0.15) is 4.99 Å². The Bertz CT molecular complexity index is 721. The first-order valence-corrected chi connectivity index (χ1v) is 6.80. The maximum atomic E-state index is 11.9. The lowest BCUT2D eigenvalue weighted by Gasteiger charge is -2.12. The fraction of sp³-hybridized carbons (Fsp3) is 0.286. The molecule has 0 radical (unpaired) electrons. The van der Waals surface area contributed by atoms with Gasteiger partial charge in [-0.1, -0.05) is 12.1 Å². The Morgan fingerprint density at radius 1 is 1.09 bits per heavy atom. The average molecular weight is 299 g/mol. The van der Waals surface area contributed by atoms with Gasteiger partial charge in [-0.3, -0.25) is 4.79 Å². The molecule has 2 aliphatic rings. The Morgan fingerprint density at radius 3 is 2.82 bits per heavy atom. The van der Waals surface area contributed by atoms with Crippen LogP contribution in [0, 0.1) is 0 Å². The van der Waals surface area contributed by atoms with Crippen LogP contribution in [0.5, 0.6) is 5.75 Å². The summed E-state index contributed by atoms with van der Waals surface area (Å²) in [5.41, 5.74) is 0.680. The van der Waals surface area contributed by atoms with Crippen molar-refractivity contribution in [1.29, 1.82) is 0 Å². The van der Waals surface area contributed by atoms with Crippen LogP contribution in [0.3, 0.4) is 0 Å². The second-order valence-electron chi connectivity index (χ2n) is 4.36. The summed E-state index contributed by atoms with van der Waals surface area (Å²) in [7, 11) is 0. The van der Waals surface area contributed by atoms with Gasteiger partial charge in [0.15, 0.2) is 5.84 Å². The summed E-state index contributed by atoms with van der Waals surface area (Å²) < 4.78 is 10.9. The number of aliphatic imine (C=N–C) groups is 2. The number of benzene rings is 1. The summed E-state index contributed by atoms with van der Waals surface area (Å²) in [6.07, 6.45) is 0. The van der Waals surface area contributed by atoms with E-state index in [1.807, 2.05) is 19.1 Å². The number of rotatable bonds is 6. The minimum atomic E-state index is -0.505. The van der Waals surface area contributed by atoms with Crippen molar-refractivity contribution in [1.82, 2.24) is 0 Å². The van der Waals surface area contributed by atoms with Crippen molar-refractivity contribution < 1.29 is 14.3 Å². The predicted octanol–water partition coefficient (Wildman–Crippen LogP) is 1.61. The van der Waals surface area contributed by atoms with Gasteiger partial charge in [0.05, 0.1) is 12.2 Å². The van der Waals surface area contributed by atoms with E-state index in [0.717, 1.165) is 0 Å². The van der Waals surface area contributed by atoms with Crippen LogP contribution in [-0.2, 0) is 9.53 Å². The normalized spacial score (nSPS) is 16.0. The summed E-state index contributed by atoms with van der Waals surface area (Å²) in [5, 5.41) is 10.7. The molecule has 8 nitrogen and oxygen atoms in total. The highest BCUT2D eigenvalue weighted by atomic mass is 16.5. The van der Waals surface area contributed by atoms with E-state index in [9.17, 15) is 4.79 Å². The monoisotopic (exact) mass is 299 g/mol. The third kappa shape index (κ3) is 2.82. The van der Waals surface area contributed by atoms with E-state index in [1.165, 1.54) is 0 Å². The Hall–Kier alpha value is -2.74. The number of nitrogens with zero attached hydrogens (tertiary/aromatic N) is 5. The van der Waals surface area contributed by atoms with E-state index >= 15 is 0 Å². The SMILES string of the molecule is CCOCCOc1ccccc1C1=NC(=O)C2=NN=NC2=N1. The average Bonchev–Trinajstić information content (AvgIpc) is 3.01. The van der Waals surface area contributed by atoms with E-state index in [2.05, 4.69) is 25.4 Å². The number of carbonyl (C=O) groups excluding carboxylic acids is 1. The van der Waals surface area contributed by atoms with Crippen LogP contribution < -0.4 is 4.74 Å². The first-order valence-electron chi connectivity index (χ1n) is 6.80. The maximum Gasteiger partial charge on any atom is 0.303 e. The summed E-state index contributed by atoms with van der Waals surface area (Å²) in [6, 6.07) is 7.21. The first-order chi connectivity index (χ1) is 10.8. The van der Waals surface area contributed by atoms with Crippen LogP contribution >= 0.6 is 0 Å². The number of hydrogen-bond acceptors (Lipinski definition) is 7. The molecule has 3 rings (SSSR count). The Labute approximate surface area is 126 Å². The minimum Gasteiger partial charge on any atom is -0.490 e. The molecule has 0 saturated heterocycles. The van der Waals surface area contributed by atoms with Crippen LogP contribution in [-0.4, -0.2) is 43.1 Å². The Morgan fingerprint density at radius 2 is 1.95 bits per heavy atom. The number of amides is 1. The lowest BCUT2D eigenvalue weighted by molar-refractivity contribution is -0.111. The van der Waals surface area contributed by atoms with Crippen molar-refractivity contribution in [3.63, 3.8) is 0 Å². The molecule has 0 aromatic heterocycles. The van der Waals surface area contributed by atoms with Crippen molar-refractivity contribution in [3.05, 3.63) is 29.8 Å². The molecule has 2 aliphatic heterocycles. The third-order valence-corrected chi connectivity index (χ3v) is 2.94. The van der Waals surface area contributed by atoms with E-state index in [-0.39, 0.29) is 17.4 Å². The molecule has 8 heteroatoms. The van der Waals surface area contributed by atoms with Crippen LogP contribution in [0.25, 0.3) is 0 Å². The molecule has 0 saturated carbocycles. The molecule has 0 N–H and O–H groups in total. The highest BCUT2D eigenvalue weighted by Crippen LogP contribution is 2.22. The first kappa shape index (κ1) is 14.2. The number of para-hydroxylation sites is 1. The molecule has 1 amide bonds. The van der Waals surface area contributed by atoms with Crippen LogP contribution in [0.2, 0.25) is 0 Å². The molecule has 0 bridgehead atoms. The molecule has 0 unspecified atom stereocenters. The van der Waals surface area contributed by atoms with Gasteiger partial charge in [0.1, 0.15) is 12.4 Å². The Kier molecular flexibility index (Phi) is 4.10. The maximum absolute atomic E-state index is 11.9. The number of amidine groups is 2. The number of carbonyl (C=O) groups is 1. The Balaban J connectivity index is 1.84. The zero-order chi connectivity index (χ0) is 15.4. The fourth-order valence-electron chi connectivity index (χ4n) is 1.94. The lowest BCUT2D eigenvalue weighted by Crippen LogP contribution is -2.26. The highest BCUT2D eigenvalue weighted by Gasteiger charge is 2.28. The minimum absolute atomic E-state index is 0.0681. The molecule has 0 atom stereocenters. The van der Waals surface area contributed by atoms with Gasteiger partial charge >= 0.3 is 5.91 Å². The second kappa shape index (κ2) is 6.35. The third-order valence-electron chi connectivity index (χ3n) is 2.94. The predicted molar refractivity (Wildman–Crippen MR) is 79.7 cm³/mol. The van der Waals surface area contributed by atoms with Crippen molar-refractivity contribution >= 4 is 23.3 Å². The smallest absolute Gasteiger partial charge is 0.303 e. The standard InChI is InChI=1S/C14H13N5O3/c1-2-21-7-8-22-10-6-4-3-5-9(10)12-15-13-11(14(20)16-12)17-19-18-13/h3-6H,2,7-8H2,1H3. The van der Waals surface area contributed by atoms with Gasteiger partial charge in [-0.05, 0) is 24.3 Å². The van der Waals surface area contributed by atoms with Crippen molar-refractivity contribution in [2.45, 2.75) is 6.92 Å². The fourth-order valence-corrected chi connectivity index (χ4v) is 1.94. The summed E-state index contributed by atoms with van der Waals surface area (Å²) >= 11 is 0. The number of fused-ring (bicyclic) bond motifs is 1. The van der Waals surface area contributed by atoms with Gasteiger partial charge in [0.2, 0.25) is 11.5 Å². The highest BCUT2D eigenvalue weighted by molar-refractivity contribution is 6.69. The molecule has 0 spiro atoms. The van der Waals surface area contributed by atoms with Crippen molar-refractivity contribution in [2.75, 3.05) is 19.8 Å². The molecule has 1 aromatic rings. The summed E-state index contributed by atoms with van der Waals surface area (Å²) in [4.78, 5) is 20.0. The molecular weight excluding hydrogens is 286 g/mol. The number of ether oxygens (including phenoxy) is 2. The summed E-state index contributed by atoms with van der Waals surface area (Å²) in [6.45, 7) is 3.43. The van der Waals surface area contributed by atoms with E-state index in [1.54, 1.807) is 12.1 Å². The van der Waals surface area contributed by atoms with Gasteiger partial charge in [0, 0.05) is 6.61 Å². The van der Waals surface area contributed by atoms with Crippen molar-refractivity contribution in [2.24, 2.45) is 25.4 Å². The van der Waals surface area contributed by atoms with Crippen LogP contribution in [0.15, 0.2) is 49.7 Å². The second-order valence-corrected chi connectivity index (χ2v) is 4.36. The topological polar surface area (TPSA) is 97.3 Å². The lowest BCUT2D eigenvalue weighted by atomic mass is 10.1. The quantitative estimate of drug-likeness (QED) is 0.746. The van der Waals surface area contributed by atoms with Crippen LogP contribution in [0.4, 0.5) is 0 Å². The molecule has 112 valence electrons. The largest absolute Gasteiger partial charge is 0.490 e. The number of hydrogen-bond donors (Lipinski definition) is 0. The van der Waals surface area contributed by atoms with E-state index < -0.39 is 5.91 Å². The zero-order valence-corrected chi connectivity index (χ0v) is 11.9. The molecule has 1 aromatic carbocycles. The van der Waals surface area contributed by atoms with Crippen molar-refractivity contribution in [3.8, 4) is 5.75 Å². The van der Waals surface area contributed by atoms with E-state index in [0.29, 0.717) is 31.1 Å². The molecule has 2 heterocycles. The van der Waals surface area contributed by atoms with E-state index in [4.69, 9.17) is 9.47 Å². The molecule has 0 fully saturated rings. The molecule has 0 aliphatic carbocycles. The molecule has 22 heavy (non-hydrogen) atoms. The van der Waals surface area contributed by atoms with Gasteiger partial charge < -0.3 is 9.47 Å². The van der Waals surface area contributed by atoms with Gasteiger partial charge in [0.25, 0.3) is 0 Å². The van der Waals surface area contributed by atoms with Gasteiger partial charge in [-0.15, -0.1) is 10.2 Å². The van der Waals surface area contributed by atoms with Gasteiger partial charge in [-0.25, -0.2) is 4.99 Å².